The van der Waals surface area contributed by atoms with E-state index in [9.17, 15) is 8.42 Å². The Labute approximate surface area is 115 Å². The lowest BCUT2D eigenvalue weighted by molar-refractivity contribution is 0.581. The molecule has 0 aromatic carbocycles. The Hall–Kier alpha value is -0.950. The number of hydrogen-bond acceptors (Lipinski definition) is 4. The first kappa shape index (κ1) is 13.5. The van der Waals surface area contributed by atoms with E-state index in [1.807, 2.05) is 17.7 Å². The number of halogens is 1. The minimum Gasteiger partial charge on any atom is -0.243 e. The number of aryl methyl sites for hydroxylation is 1. The number of nitrogens with zero attached hydrogens (tertiary/aromatic N) is 1. The quantitative estimate of drug-likeness (QED) is 0.883. The van der Waals surface area contributed by atoms with Crippen molar-refractivity contribution < 1.29 is 8.42 Å². The lowest BCUT2D eigenvalue weighted by atomic mass is 10.2. The minimum absolute atomic E-state index is 0.111. The van der Waals surface area contributed by atoms with Crippen LogP contribution in [-0.2, 0) is 16.6 Å². The summed E-state index contributed by atoms with van der Waals surface area (Å²) < 4.78 is 26.5. The fourth-order valence-electron chi connectivity index (χ4n) is 1.35. The number of nitrogens with one attached hydrogen (secondary N) is 1. The van der Waals surface area contributed by atoms with Crippen molar-refractivity contribution in [3.05, 3.63) is 45.4 Å². The first-order chi connectivity index (χ1) is 8.49. The van der Waals surface area contributed by atoms with Crippen molar-refractivity contribution in [2.75, 3.05) is 0 Å². The minimum atomic E-state index is -3.54. The van der Waals surface area contributed by atoms with Crippen LogP contribution >= 0.6 is 22.9 Å². The van der Waals surface area contributed by atoms with E-state index in [-0.39, 0.29) is 16.6 Å². The molecule has 2 aromatic rings. The second kappa shape index (κ2) is 5.36. The maximum absolute atomic E-state index is 12.0. The highest BCUT2D eigenvalue weighted by atomic mass is 35.5. The van der Waals surface area contributed by atoms with E-state index in [2.05, 4.69) is 9.71 Å². The summed E-state index contributed by atoms with van der Waals surface area (Å²) in [7, 11) is -3.54. The van der Waals surface area contributed by atoms with E-state index >= 15 is 0 Å². The van der Waals surface area contributed by atoms with Crippen LogP contribution in [0.15, 0.2) is 34.0 Å². The molecule has 18 heavy (non-hydrogen) atoms. The Bertz CT molecular complexity index is 635. The first-order valence-corrected chi connectivity index (χ1v) is 7.92. The fourth-order valence-corrected chi connectivity index (χ4v) is 3.26. The van der Waals surface area contributed by atoms with Crippen molar-refractivity contribution in [3.63, 3.8) is 0 Å². The van der Waals surface area contributed by atoms with Gasteiger partial charge in [0.1, 0.15) is 10.0 Å². The third-order valence-corrected chi connectivity index (χ3v) is 4.95. The van der Waals surface area contributed by atoms with Crippen molar-refractivity contribution in [1.29, 1.82) is 0 Å². The largest absolute Gasteiger partial charge is 0.243 e. The Morgan fingerprint density at radius 2 is 2.17 bits per heavy atom. The van der Waals surface area contributed by atoms with Crippen LogP contribution in [0.3, 0.4) is 0 Å². The van der Waals surface area contributed by atoms with Gasteiger partial charge in [0.25, 0.3) is 0 Å². The van der Waals surface area contributed by atoms with Crippen LogP contribution in [0.2, 0.25) is 5.15 Å². The fraction of sp³-hybridized carbons (Fsp3) is 0.182. The summed E-state index contributed by atoms with van der Waals surface area (Å²) in [6.45, 7) is 2.23. The molecule has 1 N–H and O–H groups in total. The van der Waals surface area contributed by atoms with E-state index in [1.165, 1.54) is 18.3 Å². The van der Waals surface area contributed by atoms with Gasteiger partial charge in [-0.3, -0.25) is 0 Å². The first-order valence-electron chi connectivity index (χ1n) is 5.12. The molecule has 0 radical (unpaired) electrons. The topological polar surface area (TPSA) is 59.1 Å². The van der Waals surface area contributed by atoms with E-state index in [0.717, 1.165) is 11.1 Å². The van der Waals surface area contributed by atoms with Crippen molar-refractivity contribution in [2.45, 2.75) is 18.4 Å². The van der Waals surface area contributed by atoms with Crippen LogP contribution in [-0.4, -0.2) is 13.4 Å². The Morgan fingerprint density at radius 3 is 2.72 bits per heavy atom. The third kappa shape index (κ3) is 3.08. The zero-order valence-electron chi connectivity index (χ0n) is 9.55. The number of aromatic nitrogens is 1. The lowest BCUT2D eigenvalue weighted by Crippen LogP contribution is -2.23. The van der Waals surface area contributed by atoms with Gasteiger partial charge in [-0.2, -0.15) is 11.3 Å². The molecule has 4 nitrogen and oxygen atoms in total. The molecule has 2 aromatic heterocycles. The van der Waals surface area contributed by atoms with Gasteiger partial charge in [0.15, 0.2) is 0 Å². The van der Waals surface area contributed by atoms with Gasteiger partial charge in [-0.15, -0.1) is 0 Å². The number of pyridine rings is 1. The molecule has 0 aliphatic rings. The van der Waals surface area contributed by atoms with Crippen LogP contribution in [0, 0.1) is 6.92 Å². The number of sulfonamides is 1. The summed E-state index contributed by atoms with van der Waals surface area (Å²) in [5.41, 5.74) is 2.06. The van der Waals surface area contributed by atoms with Crippen LogP contribution in [0.4, 0.5) is 0 Å². The monoisotopic (exact) mass is 302 g/mol. The lowest BCUT2D eigenvalue weighted by Gasteiger charge is -2.06. The molecule has 7 heteroatoms. The van der Waals surface area contributed by atoms with Gasteiger partial charge in [-0.1, -0.05) is 11.6 Å². The Balaban J connectivity index is 2.13. The molecular weight excluding hydrogens is 292 g/mol. The molecule has 0 fully saturated rings. The molecule has 0 atom stereocenters. The second-order valence-electron chi connectivity index (χ2n) is 3.72. The maximum atomic E-state index is 12.0. The Kier molecular flexibility index (Phi) is 4.01. The summed E-state index contributed by atoms with van der Waals surface area (Å²) in [5.74, 6) is 0. The normalized spacial score (nSPS) is 11.7. The standard InChI is InChI=1S/C11H11ClN2O2S2/c1-8-6-17-7-9(8)4-14-18(15,16)10-2-3-11(12)13-5-10/h2-3,5-7,14H,4H2,1H3. The number of rotatable bonds is 4. The summed E-state index contributed by atoms with van der Waals surface area (Å²) in [5, 5.41) is 4.17. The molecule has 0 spiro atoms. The predicted octanol–water partition coefficient (Wildman–Crippen LogP) is 2.58. The van der Waals surface area contributed by atoms with Gasteiger partial charge in [-0.05, 0) is 40.9 Å². The zero-order valence-corrected chi connectivity index (χ0v) is 11.9. The van der Waals surface area contributed by atoms with E-state index in [4.69, 9.17) is 11.6 Å². The van der Waals surface area contributed by atoms with Gasteiger partial charge < -0.3 is 0 Å². The summed E-state index contributed by atoms with van der Waals surface area (Å²) in [4.78, 5) is 3.87. The van der Waals surface area contributed by atoms with Crippen LogP contribution in [0.25, 0.3) is 0 Å². The molecule has 2 heterocycles. The molecular formula is C11H11ClN2O2S2. The average molecular weight is 303 g/mol. The molecule has 0 bridgehead atoms. The maximum Gasteiger partial charge on any atom is 0.242 e. The molecule has 96 valence electrons. The third-order valence-electron chi connectivity index (χ3n) is 2.42. The summed E-state index contributed by atoms with van der Waals surface area (Å²) >= 11 is 7.17. The molecule has 2 rings (SSSR count). The highest BCUT2D eigenvalue weighted by Crippen LogP contribution is 2.15. The predicted molar refractivity (Wildman–Crippen MR) is 72.3 cm³/mol. The SMILES string of the molecule is Cc1cscc1CNS(=O)(=O)c1ccc(Cl)nc1. The summed E-state index contributed by atoms with van der Waals surface area (Å²) in [6.07, 6.45) is 1.24. The highest BCUT2D eigenvalue weighted by Gasteiger charge is 2.14. The van der Waals surface area contributed by atoms with Crippen molar-refractivity contribution in [1.82, 2.24) is 9.71 Å². The van der Waals surface area contributed by atoms with Gasteiger partial charge in [0.05, 0.1) is 0 Å². The molecule has 0 unspecified atom stereocenters. The Morgan fingerprint density at radius 1 is 1.39 bits per heavy atom. The molecule has 0 amide bonds. The van der Waals surface area contributed by atoms with E-state index in [0.29, 0.717) is 0 Å². The zero-order chi connectivity index (χ0) is 13.2. The molecule has 0 aliphatic heterocycles. The average Bonchev–Trinajstić information content (AvgIpc) is 2.73. The van der Waals surface area contributed by atoms with E-state index < -0.39 is 10.0 Å². The van der Waals surface area contributed by atoms with Gasteiger partial charge in [0.2, 0.25) is 10.0 Å². The van der Waals surface area contributed by atoms with Gasteiger partial charge in [-0.25, -0.2) is 18.1 Å². The van der Waals surface area contributed by atoms with Crippen LogP contribution < -0.4 is 4.72 Å². The van der Waals surface area contributed by atoms with Crippen molar-refractivity contribution in [3.8, 4) is 0 Å². The van der Waals surface area contributed by atoms with E-state index in [1.54, 1.807) is 11.3 Å². The van der Waals surface area contributed by atoms with Crippen molar-refractivity contribution >= 4 is 33.0 Å². The number of hydrogen-bond donors (Lipinski definition) is 1. The van der Waals surface area contributed by atoms with Crippen molar-refractivity contribution in [2.24, 2.45) is 0 Å². The molecule has 0 saturated heterocycles. The number of thiophene rings is 1. The van der Waals surface area contributed by atoms with Gasteiger partial charge >= 0.3 is 0 Å². The molecule has 0 aliphatic carbocycles. The van der Waals surface area contributed by atoms with Gasteiger partial charge in [0, 0.05) is 12.7 Å². The van der Waals surface area contributed by atoms with Crippen LogP contribution in [0.1, 0.15) is 11.1 Å². The summed E-state index contributed by atoms with van der Waals surface area (Å²) in [6, 6.07) is 2.88. The smallest absolute Gasteiger partial charge is 0.242 e. The second-order valence-corrected chi connectivity index (χ2v) is 6.62. The van der Waals surface area contributed by atoms with Crippen LogP contribution in [0.5, 0.6) is 0 Å². The highest BCUT2D eigenvalue weighted by molar-refractivity contribution is 7.89. The molecule has 0 saturated carbocycles.